The molecule has 0 aromatic heterocycles. The van der Waals surface area contributed by atoms with Gasteiger partial charge in [-0.2, -0.15) is 5.10 Å². The Morgan fingerprint density at radius 2 is 1.90 bits per heavy atom. The first kappa shape index (κ1) is 31.5. The number of carboxylic acids is 1. The van der Waals surface area contributed by atoms with Crippen LogP contribution < -0.4 is 16.5 Å². The van der Waals surface area contributed by atoms with E-state index < -0.39 is 78.5 Å². The van der Waals surface area contributed by atoms with Gasteiger partial charge in [-0.05, 0) is 25.8 Å². The van der Waals surface area contributed by atoms with E-state index in [0.29, 0.717) is 18.6 Å². The first-order valence-corrected chi connectivity index (χ1v) is 13.5. The molecule has 7 atom stereocenters. The quantitative estimate of drug-likeness (QED) is 0.146. The molecule has 7 unspecified atom stereocenters. The molecule has 1 aromatic rings. The van der Waals surface area contributed by atoms with Crippen LogP contribution in [0.3, 0.4) is 0 Å². The molecule has 2 saturated heterocycles. The van der Waals surface area contributed by atoms with Crippen LogP contribution in [0.1, 0.15) is 25.8 Å². The molecule has 3 aliphatic heterocycles. The summed E-state index contributed by atoms with van der Waals surface area (Å²) in [5.74, 6) is -3.09. The molecule has 42 heavy (non-hydrogen) atoms. The fourth-order valence-electron chi connectivity index (χ4n) is 5.27. The average molecular weight is 592 g/mol. The predicted octanol–water partition coefficient (Wildman–Crippen LogP) is -2.89. The van der Waals surface area contributed by atoms with Crippen LogP contribution >= 0.6 is 0 Å². The number of hydrogen-bond acceptors (Lipinski definition) is 11. The largest absolute Gasteiger partial charge is 0.479 e. The number of likely N-dealkylation sites (tertiary alicyclic amines) is 1. The lowest BCUT2D eigenvalue weighted by atomic mass is 9.73. The minimum absolute atomic E-state index is 0.00138. The molecule has 0 aliphatic carbocycles. The van der Waals surface area contributed by atoms with Gasteiger partial charge in [-0.25, -0.2) is 10.2 Å². The van der Waals surface area contributed by atoms with Crippen molar-refractivity contribution in [2.24, 2.45) is 16.3 Å². The van der Waals surface area contributed by atoms with Crippen molar-refractivity contribution in [1.82, 2.24) is 15.6 Å². The number of carbonyl (C=O) groups is 4. The lowest BCUT2D eigenvalue weighted by Crippen LogP contribution is -2.62. The number of fused-ring (bicyclic) bond motifs is 1. The third-order valence-electron chi connectivity index (χ3n) is 7.73. The molecule has 230 valence electrons. The van der Waals surface area contributed by atoms with Crippen LogP contribution in [-0.2, 0) is 35.1 Å². The molecule has 4 rings (SSSR count). The number of carbonyl (C=O) groups excluding carboxylic acids is 3. The second-order valence-electron chi connectivity index (χ2n) is 11.4. The van der Waals surface area contributed by atoms with Gasteiger partial charge in [0, 0.05) is 19.5 Å². The number of hydrogen-bond donors (Lipinski definition) is 7. The highest BCUT2D eigenvalue weighted by atomic mass is 16.6. The van der Waals surface area contributed by atoms with Gasteiger partial charge in [-0.15, -0.1) is 0 Å². The number of nitrogens with zero attached hydrogens (tertiary/aromatic N) is 2. The monoisotopic (exact) mass is 591 g/mol. The zero-order chi connectivity index (χ0) is 30.8. The molecular weight excluding hydrogens is 554 g/mol. The van der Waals surface area contributed by atoms with Gasteiger partial charge in [0.2, 0.25) is 11.8 Å². The Labute approximate surface area is 241 Å². The maximum absolute atomic E-state index is 13.8. The maximum Gasteiger partial charge on any atom is 0.335 e. The molecule has 0 saturated carbocycles. The van der Waals surface area contributed by atoms with Crippen molar-refractivity contribution in [3.63, 3.8) is 0 Å². The predicted molar refractivity (Wildman–Crippen MR) is 145 cm³/mol. The Balaban J connectivity index is 1.50. The first-order valence-electron chi connectivity index (χ1n) is 13.5. The van der Waals surface area contributed by atoms with Gasteiger partial charge < -0.3 is 45.9 Å². The van der Waals surface area contributed by atoms with Gasteiger partial charge in [-0.3, -0.25) is 14.4 Å². The Morgan fingerprint density at radius 3 is 2.55 bits per heavy atom. The van der Waals surface area contributed by atoms with Crippen LogP contribution in [0, 0.1) is 5.41 Å². The summed E-state index contributed by atoms with van der Waals surface area (Å²) in [7, 11) is 0. The van der Waals surface area contributed by atoms with E-state index in [-0.39, 0.29) is 19.0 Å². The molecule has 8 N–H and O–H groups in total. The van der Waals surface area contributed by atoms with Gasteiger partial charge in [0.05, 0.1) is 24.5 Å². The van der Waals surface area contributed by atoms with Crippen LogP contribution in [0.5, 0.6) is 0 Å². The third-order valence-corrected chi connectivity index (χ3v) is 7.73. The normalized spacial score (nSPS) is 30.1. The standard InChI is InChI=1S/C27H37N5O10/c1-26(2,28)24(39)29-15(11-41-12-16-18(33)19(34)20(35)21(42-16)23(37)38)22(36)32-9-8-17-27(13-32,25(40)31-30-17)10-14-6-4-3-5-7-14/h3-7,15-16,18-21,33-35H,8-13,28H2,1-2H3,(H,29,39)(H,31,40)(H,37,38). The molecular formula is C27H37N5O10. The fraction of sp³-hybridized carbons (Fsp3) is 0.593. The maximum atomic E-state index is 13.8. The molecule has 1 aromatic carbocycles. The molecule has 0 bridgehead atoms. The van der Waals surface area contributed by atoms with Gasteiger partial charge in [-0.1, -0.05) is 30.3 Å². The molecule has 0 radical (unpaired) electrons. The minimum atomic E-state index is -1.86. The second-order valence-corrected chi connectivity index (χ2v) is 11.4. The topological polar surface area (TPSA) is 233 Å². The zero-order valence-corrected chi connectivity index (χ0v) is 23.3. The number of carboxylic acid groups (broad SMARTS) is 1. The Kier molecular flexibility index (Phi) is 9.30. The van der Waals surface area contributed by atoms with Crippen LogP contribution in [-0.4, -0.2) is 123 Å². The van der Waals surface area contributed by atoms with Gasteiger partial charge >= 0.3 is 5.97 Å². The van der Waals surface area contributed by atoms with Crippen molar-refractivity contribution in [1.29, 1.82) is 0 Å². The van der Waals surface area contributed by atoms with Crippen molar-refractivity contribution in [2.45, 2.75) is 68.8 Å². The smallest absolute Gasteiger partial charge is 0.335 e. The highest BCUT2D eigenvalue weighted by Crippen LogP contribution is 2.35. The van der Waals surface area contributed by atoms with E-state index in [4.69, 9.17) is 15.2 Å². The molecule has 15 heteroatoms. The van der Waals surface area contributed by atoms with Crippen molar-refractivity contribution < 1.29 is 49.1 Å². The summed E-state index contributed by atoms with van der Waals surface area (Å²) in [6.07, 6.45) is -7.90. The highest BCUT2D eigenvalue weighted by molar-refractivity contribution is 6.13. The summed E-state index contributed by atoms with van der Waals surface area (Å²) in [5.41, 5.74) is 7.54. The number of benzene rings is 1. The van der Waals surface area contributed by atoms with E-state index in [1.165, 1.54) is 18.7 Å². The summed E-state index contributed by atoms with van der Waals surface area (Å²) in [6.45, 7) is 2.22. The SMILES string of the molecule is CC(C)(N)C(=O)NC(COCC1OC(C(=O)O)C(O)C(O)C1O)C(=O)N1CCC2=NNC(=O)C2(Cc2ccccc2)C1. The number of nitrogens with one attached hydrogen (secondary N) is 2. The molecule has 2 fully saturated rings. The number of piperidine rings is 1. The van der Waals surface area contributed by atoms with Crippen molar-refractivity contribution >= 4 is 29.4 Å². The van der Waals surface area contributed by atoms with Crippen LogP contribution in [0.25, 0.3) is 0 Å². The first-order chi connectivity index (χ1) is 19.7. The van der Waals surface area contributed by atoms with E-state index in [2.05, 4.69) is 15.8 Å². The van der Waals surface area contributed by atoms with Gasteiger partial charge in [0.25, 0.3) is 5.91 Å². The summed E-state index contributed by atoms with van der Waals surface area (Å²) < 4.78 is 10.8. The average Bonchev–Trinajstić information content (AvgIpc) is 3.26. The fourth-order valence-corrected chi connectivity index (χ4v) is 5.27. The minimum Gasteiger partial charge on any atom is -0.479 e. The number of hydrazone groups is 1. The van der Waals surface area contributed by atoms with Gasteiger partial charge in [0.15, 0.2) is 6.10 Å². The van der Waals surface area contributed by atoms with Crippen molar-refractivity contribution in [3.05, 3.63) is 35.9 Å². The molecule has 0 spiro atoms. The molecule has 3 aliphatic rings. The molecule has 15 nitrogen and oxygen atoms in total. The van der Waals surface area contributed by atoms with Crippen LogP contribution in [0.15, 0.2) is 35.4 Å². The summed E-state index contributed by atoms with van der Waals surface area (Å²) >= 11 is 0. The Hall–Kier alpha value is -3.47. The number of aliphatic hydroxyl groups excluding tert-OH is 3. The van der Waals surface area contributed by atoms with Crippen LogP contribution in [0.2, 0.25) is 0 Å². The number of rotatable bonds is 10. The van der Waals surface area contributed by atoms with E-state index in [1.54, 1.807) is 0 Å². The van der Waals surface area contributed by atoms with E-state index in [1.807, 2.05) is 30.3 Å². The summed E-state index contributed by atoms with van der Waals surface area (Å²) in [6, 6.07) is 8.05. The van der Waals surface area contributed by atoms with Crippen LogP contribution in [0.4, 0.5) is 0 Å². The van der Waals surface area contributed by atoms with Crippen molar-refractivity contribution in [3.8, 4) is 0 Å². The molecule has 3 amide bonds. The lowest BCUT2D eigenvalue weighted by molar-refractivity contribution is -0.236. The second kappa shape index (κ2) is 12.4. The lowest BCUT2D eigenvalue weighted by Gasteiger charge is -2.41. The van der Waals surface area contributed by atoms with Crippen molar-refractivity contribution in [2.75, 3.05) is 26.3 Å². The van der Waals surface area contributed by atoms with E-state index in [9.17, 15) is 39.6 Å². The number of aliphatic carboxylic acids is 1. The molecule has 3 heterocycles. The van der Waals surface area contributed by atoms with Gasteiger partial charge in [0.1, 0.15) is 35.9 Å². The highest BCUT2D eigenvalue weighted by Gasteiger charge is 2.52. The number of nitrogens with two attached hydrogens (primary N) is 1. The third kappa shape index (κ3) is 6.45. The number of aliphatic hydroxyl groups is 3. The number of amides is 3. The van der Waals surface area contributed by atoms with E-state index >= 15 is 0 Å². The Morgan fingerprint density at radius 1 is 1.21 bits per heavy atom. The van der Waals surface area contributed by atoms with E-state index in [0.717, 1.165) is 5.56 Å². The summed E-state index contributed by atoms with van der Waals surface area (Å²) in [4.78, 5) is 52.5. The number of ether oxygens (including phenoxy) is 2. The summed E-state index contributed by atoms with van der Waals surface area (Å²) in [5, 5.41) is 46.3. The zero-order valence-electron chi connectivity index (χ0n) is 23.3. The Bertz CT molecular complexity index is 1220.